The molecule has 12 heavy (non-hydrogen) atoms. The van der Waals surface area contributed by atoms with Gasteiger partial charge >= 0.3 is 0 Å². The van der Waals surface area contributed by atoms with Gasteiger partial charge in [0.05, 0.1) is 11.8 Å². The Labute approximate surface area is 74.5 Å². The van der Waals surface area contributed by atoms with Gasteiger partial charge in [-0.2, -0.15) is 5.26 Å². The second-order valence-electron chi connectivity index (χ2n) is 2.15. The van der Waals surface area contributed by atoms with Crippen molar-refractivity contribution in [2.24, 2.45) is 0 Å². The summed E-state index contributed by atoms with van der Waals surface area (Å²) in [5.74, 6) is 0. The SMILES string of the molecule is CS(=O)(=O)Nc1sccc1C#N. The van der Waals surface area contributed by atoms with Crippen LogP contribution < -0.4 is 4.72 Å². The number of hydrogen-bond donors (Lipinski definition) is 1. The topological polar surface area (TPSA) is 70.0 Å². The highest BCUT2D eigenvalue weighted by Crippen LogP contribution is 2.22. The second kappa shape index (κ2) is 3.13. The molecule has 64 valence electrons. The molecule has 0 bridgehead atoms. The molecule has 0 saturated carbocycles. The Bertz CT molecular complexity index is 413. The maximum atomic E-state index is 10.8. The third-order valence-corrected chi connectivity index (χ3v) is 2.60. The molecule has 0 radical (unpaired) electrons. The number of thiophene rings is 1. The molecule has 4 nitrogen and oxygen atoms in total. The van der Waals surface area contributed by atoms with Crippen molar-refractivity contribution >= 4 is 26.4 Å². The zero-order valence-corrected chi connectivity index (χ0v) is 7.87. The molecule has 0 atom stereocenters. The van der Waals surface area contributed by atoms with Crippen LogP contribution in [-0.4, -0.2) is 14.7 Å². The lowest BCUT2D eigenvalue weighted by atomic mass is 10.4. The van der Waals surface area contributed by atoms with Crippen molar-refractivity contribution in [2.75, 3.05) is 11.0 Å². The van der Waals surface area contributed by atoms with Crippen LogP contribution in [0.2, 0.25) is 0 Å². The van der Waals surface area contributed by atoms with Gasteiger partial charge in [0.1, 0.15) is 11.1 Å². The van der Waals surface area contributed by atoms with Crippen molar-refractivity contribution in [1.82, 2.24) is 0 Å². The minimum atomic E-state index is -3.27. The Morgan fingerprint density at radius 2 is 2.33 bits per heavy atom. The van der Waals surface area contributed by atoms with Crippen molar-refractivity contribution in [2.45, 2.75) is 0 Å². The van der Waals surface area contributed by atoms with Gasteiger partial charge in [0.2, 0.25) is 10.0 Å². The van der Waals surface area contributed by atoms with Gasteiger partial charge in [-0.05, 0) is 11.4 Å². The van der Waals surface area contributed by atoms with Crippen LogP contribution in [0.1, 0.15) is 5.56 Å². The molecule has 1 heterocycles. The maximum absolute atomic E-state index is 10.8. The zero-order valence-electron chi connectivity index (χ0n) is 6.23. The molecule has 0 spiro atoms. The number of nitrogens with one attached hydrogen (secondary N) is 1. The van der Waals surface area contributed by atoms with E-state index in [1.807, 2.05) is 6.07 Å². The molecule has 0 amide bonds. The molecule has 0 aromatic carbocycles. The normalized spacial score (nSPS) is 10.7. The summed E-state index contributed by atoms with van der Waals surface area (Å²) in [6.07, 6.45) is 1.05. The highest BCUT2D eigenvalue weighted by atomic mass is 32.2. The van der Waals surface area contributed by atoms with Crippen molar-refractivity contribution < 1.29 is 8.42 Å². The summed E-state index contributed by atoms with van der Waals surface area (Å²) in [7, 11) is -3.27. The van der Waals surface area contributed by atoms with Crippen molar-refractivity contribution in [3.8, 4) is 6.07 Å². The molecule has 0 aliphatic carbocycles. The summed E-state index contributed by atoms with van der Waals surface area (Å²) in [5, 5.41) is 10.6. The van der Waals surface area contributed by atoms with Crippen LogP contribution in [0.5, 0.6) is 0 Å². The van der Waals surface area contributed by atoms with E-state index in [1.54, 1.807) is 11.4 Å². The summed E-state index contributed by atoms with van der Waals surface area (Å²) < 4.78 is 23.8. The van der Waals surface area contributed by atoms with Gasteiger partial charge in [-0.15, -0.1) is 11.3 Å². The average molecular weight is 202 g/mol. The van der Waals surface area contributed by atoms with Crippen LogP contribution >= 0.6 is 11.3 Å². The minimum Gasteiger partial charge on any atom is -0.273 e. The van der Waals surface area contributed by atoms with E-state index >= 15 is 0 Å². The fourth-order valence-corrected chi connectivity index (χ4v) is 2.32. The Balaban J connectivity index is 2.99. The largest absolute Gasteiger partial charge is 0.273 e. The predicted octanol–water partition coefficient (Wildman–Crippen LogP) is 0.991. The summed E-state index contributed by atoms with van der Waals surface area (Å²) in [6, 6.07) is 3.45. The fraction of sp³-hybridized carbons (Fsp3) is 0.167. The molecule has 0 aliphatic heterocycles. The van der Waals surface area contributed by atoms with Crippen LogP contribution in [0.4, 0.5) is 5.00 Å². The number of anilines is 1. The first-order valence-electron chi connectivity index (χ1n) is 2.98. The molecule has 6 heteroatoms. The number of hydrogen-bond acceptors (Lipinski definition) is 4. The molecule has 1 aromatic heterocycles. The van der Waals surface area contributed by atoms with Gasteiger partial charge in [-0.1, -0.05) is 0 Å². The van der Waals surface area contributed by atoms with Gasteiger partial charge in [0, 0.05) is 0 Å². The molecule has 1 aromatic rings. The molecule has 0 fully saturated rings. The molecular weight excluding hydrogens is 196 g/mol. The van der Waals surface area contributed by atoms with Crippen LogP contribution in [-0.2, 0) is 10.0 Å². The van der Waals surface area contributed by atoms with Gasteiger partial charge in [0.25, 0.3) is 0 Å². The Morgan fingerprint density at radius 1 is 1.67 bits per heavy atom. The average Bonchev–Trinajstić information content (AvgIpc) is 2.31. The zero-order chi connectivity index (χ0) is 9.19. The predicted molar refractivity (Wildman–Crippen MR) is 47.5 cm³/mol. The van der Waals surface area contributed by atoms with E-state index < -0.39 is 10.0 Å². The number of nitrogens with zero attached hydrogens (tertiary/aromatic N) is 1. The Kier molecular flexibility index (Phi) is 2.35. The quantitative estimate of drug-likeness (QED) is 0.777. The lowest BCUT2D eigenvalue weighted by molar-refractivity contribution is 0.607. The van der Waals surface area contributed by atoms with E-state index in [0.29, 0.717) is 10.6 Å². The third-order valence-electron chi connectivity index (χ3n) is 1.06. The van der Waals surface area contributed by atoms with E-state index in [0.717, 1.165) is 6.26 Å². The summed E-state index contributed by atoms with van der Waals surface area (Å²) >= 11 is 1.19. The summed E-state index contributed by atoms with van der Waals surface area (Å²) in [6.45, 7) is 0. The monoisotopic (exact) mass is 202 g/mol. The Hall–Kier alpha value is -1.06. The van der Waals surface area contributed by atoms with Gasteiger partial charge in [-0.25, -0.2) is 8.42 Å². The molecule has 1 N–H and O–H groups in total. The first kappa shape index (κ1) is 9.03. The van der Waals surface area contributed by atoms with Crippen molar-refractivity contribution in [3.05, 3.63) is 17.0 Å². The smallest absolute Gasteiger partial charge is 0.230 e. The lowest BCUT2D eigenvalue weighted by Gasteiger charge is -1.98. The molecule has 0 aliphatic rings. The minimum absolute atomic E-state index is 0.352. The summed E-state index contributed by atoms with van der Waals surface area (Å²) in [4.78, 5) is 0. The van der Waals surface area contributed by atoms with Crippen LogP contribution in [0, 0.1) is 11.3 Å². The number of rotatable bonds is 2. The Morgan fingerprint density at radius 3 is 2.83 bits per heavy atom. The van der Waals surface area contributed by atoms with E-state index in [-0.39, 0.29) is 0 Å². The third kappa shape index (κ3) is 2.22. The van der Waals surface area contributed by atoms with Gasteiger partial charge in [-0.3, -0.25) is 4.72 Å². The molecular formula is C6H6N2O2S2. The fourth-order valence-electron chi connectivity index (χ4n) is 0.645. The lowest BCUT2D eigenvalue weighted by Crippen LogP contribution is -2.08. The van der Waals surface area contributed by atoms with Crippen molar-refractivity contribution in [1.29, 1.82) is 5.26 Å². The highest BCUT2D eigenvalue weighted by Gasteiger charge is 2.07. The molecule has 0 unspecified atom stereocenters. The number of nitriles is 1. The van der Waals surface area contributed by atoms with Crippen LogP contribution in [0.25, 0.3) is 0 Å². The van der Waals surface area contributed by atoms with Gasteiger partial charge < -0.3 is 0 Å². The van der Waals surface area contributed by atoms with E-state index in [9.17, 15) is 8.42 Å². The highest BCUT2D eigenvalue weighted by molar-refractivity contribution is 7.92. The molecule has 1 rings (SSSR count). The maximum Gasteiger partial charge on any atom is 0.230 e. The van der Waals surface area contributed by atoms with Crippen LogP contribution in [0.3, 0.4) is 0 Å². The van der Waals surface area contributed by atoms with E-state index in [1.165, 1.54) is 11.3 Å². The summed E-state index contributed by atoms with van der Waals surface area (Å²) in [5.41, 5.74) is 0.352. The van der Waals surface area contributed by atoms with Crippen LogP contribution in [0.15, 0.2) is 11.4 Å². The van der Waals surface area contributed by atoms with Gasteiger partial charge in [0.15, 0.2) is 0 Å². The standard InChI is InChI=1S/C6H6N2O2S2/c1-12(9,10)8-6-5(4-7)2-3-11-6/h2-3,8H,1H3. The first-order valence-corrected chi connectivity index (χ1v) is 5.75. The van der Waals surface area contributed by atoms with E-state index in [4.69, 9.17) is 5.26 Å². The van der Waals surface area contributed by atoms with E-state index in [2.05, 4.69) is 4.72 Å². The first-order chi connectivity index (χ1) is 5.53. The molecule has 0 saturated heterocycles. The van der Waals surface area contributed by atoms with Crippen molar-refractivity contribution in [3.63, 3.8) is 0 Å². The number of sulfonamides is 1. The second-order valence-corrected chi connectivity index (χ2v) is 4.81.